The Kier molecular flexibility index (Phi) is 5.45. The van der Waals surface area contributed by atoms with Crippen molar-refractivity contribution in [3.8, 4) is 0 Å². The van der Waals surface area contributed by atoms with Crippen LogP contribution >= 0.6 is 0 Å². The number of benzene rings is 2. The number of aromatic nitrogens is 2. The van der Waals surface area contributed by atoms with E-state index >= 15 is 0 Å². The minimum atomic E-state index is -0.936. The normalized spacial score (nSPS) is 11.9. The van der Waals surface area contributed by atoms with Crippen molar-refractivity contribution in [1.29, 1.82) is 0 Å². The van der Waals surface area contributed by atoms with Gasteiger partial charge in [0.15, 0.2) is 6.10 Å². The summed E-state index contributed by atoms with van der Waals surface area (Å²) >= 11 is 0. The van der Waals surface area contributed by atoms with Crippen LogP contribution in [0.1, 0.15) is 29.8 Å². The van der Waals surface area contributed by atoms with Gasteiger partial charge < -0.3 is 4.74 Å². The Morgan fingerprint density at radius 1 is 1.11 bits per heavy atom. The molecule has 0 amide bonds. The average Bonchev–Trinajstić information content (AvgIpc) is 2.69. The van der Waals surface area contributed by atoms with E-state index in [0.717, 1.165) is 12.0 Å². The predicted octanol–water partition coefficient (Wildman–Crippen LogP) is 2.77. The molecule has 0 bridgehead atoms. The molecule has 0 fully saturated rings. The van der Waals surface area contributed by atoms with E-state index in [9.17, 15) is 14.4 Å². The first-order valence-electron chi connectivity index (χ1n) is 8.77. The first-order chi connectivity index (χ1) is 13.0. The predicted molar refractivity (Wildman–Crippen MR) is 102 cm³/mol. The molecule has 1 atom stereocenters. The zero-order valence-corrected chi connectivity index (χ0v) is 15.2. The van der Waals surface area contributed by atoms with E-state index in [-0.39, 0.29) is 12.3 Å². The van der Waals surface area contributed by atoms with Crippen molar-refractivity contribution in [1.82, 2.24) is 9.55 Å². The van der Waals surface area contributed by atoms with Gasteiger partial charge in [-0.2, -0.15) is 0 Å². The molecule has 1 aromatic heterocycles. The maximum absolute atomic E-state index is 12.5. The fourth-order valence-corrected chi connectivity index (χ4v) is 2.83. The largest absolute Gasteiger partial charge is 0.453 e. The van der Waals surface area contributed by atoms with Crippen molar-refractivity contribution in [3.63, 3.8) is 0 Å². The number of fused-ring (bicyclic) bond motifs is 1. The lowest BCUT2D eigenvalue weighted by molar-refractivity contribution is -0.147. The molecule has 6 heteroatoms. The van der Waals surface area contributed by atoms with E-state index in [0.29, 0.717) is 16.6 Å². The Morgan fingerprint density at radius 2 is 1.81 bits per heavy atom. The summed E-state index contributed by atoms with van der Waals surface area (Å²) in [5.74, 6) is -0.933. The second-order valence-electron chi connectivity index (χ2n) is 6.22. The van der Waals surface area contributed by atoms with Gasteiger partial charge in [0, 0.05) is 5.56 Å². The molecule has 0 aliphatic rings. The summed E-state index contributed by atoms with van der Waals surface area (Å²) < 4.78 is 6.55. The third-order valence-electron chi connectivity index (χ3n) is 4.36. The van der Waals surface area contributed by atoms with Crippen LogP contribution in [0.25, 0.3) is 11.0 Å². The summed E-state index contributed by atoms with van der Waals surface area (Å²) in [4.78, 5) is 40.9. The van der Waals surface area contributed by atoms with Crippen LogP contribution in [-0.2, 0) is 22.5 Å². The number of carbonyl (C=O) groups is 2. The van der Waals surface area contributed by atoms with Gasteiger partial charge in [-0.15, -0.1) is 0 Å². The van der Waals surface area contributed by atoms with Gasteiger partial charge in [-0.1, -0.05) is 43.3 Å². The SMILES string of the molecule is CCc1ccc(C(=O)C(C)OC(=O)Cn2c(=O)cnc3ccccc32)cc1. The van der Waals surface area contributed by atoms with Crippen LogP contribution in [0.4, 0.5) is 0 Å². The molecule has 0 aliphatic heterocycles. The highest BCUT2D eigenvalue weighted by Gasteiger charge is 2.20. The van der Waals surface area contributed by atoms with Crippen LogP contribution in [0.2, 0.25) is 0 Å². The van der Waals surface area contributed by atoms with Crippen molar-refractivity contribution >= 4 is 22.8 Å². The highest BCUT2D eigenvalue weighted by molar-refractivity contribution is 6.00. The van der Waals surface area contributed by atoms with E-state index in [1.54, 1.807) is 36.4 Å². The summed E-state index contributed by atoms with van der Waals surface area (Å²) in [6.07, 6.45) is 1.11. The molecule has 0 saturated carbocycles. The monoisotopic (exact) mass is 364 g/mol. The van der Waals surface area contributed by atoms with Crippen LogP contribution in [0.3, 0.4) is 0 Å². The standard InChI is InChI=1S/C21H20N2O4/c1-3-15-8-10-16(11-9-15)21(26)14(2)27-20(25)13-23-18-7-5-4-6-17(18)22-12-19(23)24/h4-12,14H,3,13H2,1-2H3. The fraction of sp³-hybridized carbons (Fsp3) is 0.238. The number of carbonyl (C=O) groups excluding carboxylic acids is 2. The molecule has 0 spiro atoms. The first kappa shape index (κ1) is 18.5. The first-order valence-corrected chi connectivity index (χ1v) is 8.77. The molecule has 138 valence electrons. The number of esters is 1. The Hall–Kier alpha value is -3.28. The average molecular weight is 364 g/mol. The summed E-state index contributed by atoms with van der Waals surface area (Å²) in [6, 6.07) is 14.2. The fourth-order valence-electron chi connectivity index (χ4n) is 2.83. The number of Topliss-reactive ketones (excluding diaryl/α,β-unsaturated/α-hetero) is 1. The maximum Gasteiger partial charge on any atom is 0.326 e. The van der Waals surface area contributed by atoms with Gasteiger partial charge >= 0.3 is 5.97 Å². The molecule has 3 rings (SSSR count). The molecule has 3 aromatic rings. The number of ether oxygens (including phenoxy) is 1. The number of hydrogen-bond donors (Lipinski definition) is 0. The van der Waals surface area contributed by atoms with Crippen molar-refractivity contribution in [3.05, 3.63) is 76.2 Å². The van der Waals surface area contributed by atoms with E-state index < -0.39 is 17.6 Å². The van der Waals surface area contributed by atoms with Crippen molar-refractivity contribution in [2.45, 2.75) is 32.9 Å². The van der Waals surface area contributed by atoms with Crippen molar-refractivity contribution < 1.29 is 14.3 Å². The Balaban J connectivity index is 1.73. The van der Waals surface area contributed by atoms with E-state index in [1.165, 1.54) is 17.7 Å². The van der Waals surface area contributed by atoms with Gasteiger partial charge in [0.05, 0.1) is 17.2 Å². The zero-order valence-electron chi connectivity index (χ0n) is 15.2. The van der Waals surface area contributed by atoms with Crippen LogP contribution in [0, 0.1) is 0 Å². The molecule has 1 unspecified atom stereocenters. The van der Waals surface area contributed by atoms with Gasteiger partial charge in [0.25, 0.3) is 5.56 Å². The lowest BCUT2D eigenvalue weighted by atomic mass is 10.0. The second kappa shape index (κ2) is 7.95. The third kappa shape index (κ3) is 4.11. The molecule has 2 aromatic carbocycles. The Morgan fingerprint density at radius 3 is 2.52 bits per heavy atom. The number of ketones is 1. The minimum Gasteiger partial charge on any atom is -0.453 e. The summed E-state index contributed by atoms with van der Waals surface area (Å²) in [5.41, 5.74) is 2.35. The van der Waals surface area contributed by atoms with Gasteiger partial charge in [-0.05, 0) is 31.0 Å². The topological polar surface area (TPSA) is 78.3 Å². The Bertz CT molecular complexity index is 1040. The smallest absolute Gasteiger partial charge is 0.326 e. The summed E-state index contributed by atoms with van der Waals surface area (Å²) in [5, 5.41) is 0. The molecular formula is C21H20N2O4. The van der Waals surface area contributed by atoms with Gasteiger partial charge in [-0.25, -0.2) is 4.98 Å². The second-order valence-corrected chi connectivity index (χ2v) is 6.22. The highest BCUT2D eigenvalue weighted by atomic mass is 16.5. The molecular weight excluding hydrogens is 344 g/mol. The van der Waals surface area contributed by atoms with Gasteiger partial charge in [0.1, 0.15) is 6.54 Å². The molecule has 1 heterocycles. The van der Waals surface area contributed by atoms with Crippen molar-refractivity contribution in [2.24, 2.45) is 0 Å². The third-order valence-corrected chi connectivity index (χ3v) is 4.36. The lowest BCUT2D eigenvalue weighted by Crippen LogP contribution is -2.30. The van der Waals surface area contributed by atoms with Crippen LogP contribution in [-0.4, -0.2) is 27.4 Å². The van der Waals surface area contributed by atoms with E-state index in [4.69, 9.17) is 4.74 Å². The summed E-state index contributed by atoms with van der Waals surface area (Å²) in [6.45, 7) is 3.28. The number of para-hydroxylation sites is 2. The zero-order chi connectivity index (χ0) is 19.4. The van der Waals surface area contributed by atoms with Crippen LogP contribution in [0.15, 0.2) is 59.5 Å². The number of rotatable bonds is 6. The lowest BCUT2D eigenvalue weighted by Gasteiger charge is -2.14. The van der Waals surface area contributed by atoms with Crippen LogP contribution in [0.5, 0.6) is 0 Å². The molecule has 0 radical (unpaired) electrons. The molecule has 0 N–H and O–H groups in total. The van der Waals surface area contributed by atoms with Crippen LogP contribution < -0.4 is 5.56 Å². The van der Waals surface area contributed by atoms with Crippen molar-refractivity contribution in [2.75, 3.05) is 0 Å². The number of hydrogen-bond acceptors (Lipinski definition) is 5. The highest BCUT2D eigenvalue weighted by Crippen LogP contribution is 2.11. The van der Waals surface area contributed by atoms with Gasteiger partial charge in [-0.3, -0.25) is 19.0 Å². The van der Waals surface area contributed by atoms with E-state index in [2.05, 4.69) is 4.98 Å². The Labute approximate surface area is 156 Å². The summed E-state index contributed by atoms with van der Waals surface area (Å²) in [7, 11) is 0. The quantitative estimate of drug-likeness (QED) is 0.496. The molecule has 0 aliphatic carbocycles. The van der Waals surface area contributed by atoms with Gasteiger partial charge in [0.2, 0.25) is 5.78 Å². The van der Waals surface area contributed by atoms with E-state index in [1.807, 2.05) is 19.1 Å². The molecule has 6 nitrogen and oxygen atoms in total. The molecule has 0 saturated heterocycles. The molecule has 27 heavy (non-hydrogen) atoms. The maximum atomic E-state index is 12.5. The number of aryl methyl sites for hydroxylation is 1. The number of nitrogens with zero attached hydrogens (tertiary/aromatic N) is 2. The minimum absolute atomic E-state index is 0.280.